The molecular weight excluding hydrogens is 133 g/mol. The molecule has 1 fully saturated rings. The molecule has 2 atom stereocenters. The average Bonchev–Trinajstić information content (AvgIpc) is 2.17. The largest absolute Gasteiger partial charge is 0.384 e. The molecule has 0 spiro atoms. The first-order valence-electron chi connectivity index (χ1n) is 3.31. The number of methoxy groups -OCH3 is 1. The molecule has 0 aromatic carbocycles. The van der Waals surface area contributed by atoms with Crippen LogP contribution >= 0.6 is 9.39 Å². The van der Waals surface area contributed by atoms with Gasteiger partial charge in [-0.15, -0.1) is 0 Å². The molecule has 9 heavy (non-hydrogen) atoms. The number of rotatable bonds is 2. The Kier molecular flexibility index (Phi) is 2.90. The summed E-state index contributed by atoms with van der Waals surface area (Å²) in [4.78, 5) is 0. The topological polar surface area (TPSA) is 12.5 Å². The van der Waals surface area contributed by atoms with Gasteiger partial charge >= 0.3 is 0 Å². The number of ether oxygens (including phenoxy) is 1. The summed E-state index contributed by atoms with van der Waals surface area (Å²) in [6.07, 6.45) is 1.29. The average molecular weight is 147 g/mol. The predicted octanol–water partition coefficient (Wildman–Crippen LogP) is 0.745. The van der Waals surface area contributed by atoms with Gasteiger partial charge in [-0.3, -0.25) is 4.67 Å². The first-order chi connectivity index (χ1) is 4.33. The van der Waals surface area contributed by atoms with Crippen molar-refractivity contribution in [1.29, 1.82) is 0 Å². The third kappa shape index (κ3) is 2.21. The van der Waals surface area contributed by atoms with Gasteiger partial charge in [-0.2, -0.15) is 0 Å². The van der Waals surface area contributed by atoms with Gasteiger partial charge in [0.05, 0.1) is 6.61 Å². The summed E-state index contributed by atoms with van der Waals surface area (Å²) >= 11 is 0. The Bertz CT molecular complexity index is 87.1. The molecule has 3 heteroatoms. The van der Waals surface area contributed by atoms with Gasteiger partial charge in [-0.1, -0.05) is 9.39 Å². The summed E-state index contributed by atoms with van der Waals surface area (Å²) in [5, 5.41) is 0. The fraction of sp³-hybridized carbons (Fsp3) is 1.00. The smallest absolute Gasteiger partial charge is 0.0503 e. The summed E-state index contributed by atoms with van der Waals surface area (Å²) in [6, 6.07) is 0. The second kappa shape index (κ2) is 3.50. The van der Waals surface area contributed by atoms with E-state index in [-0.39, 0.29) is 0 Å². The number of hydrogen-bond donors (Lipinski definition) is 0. The zero-order valence-electron chi connectivity index (χ0n) is 5.84. The van der Waals surface area contributed by atoms with Gasteiger partial charge in [0.1, 0.15) is 0 Å². The second-order valence-electron chi connectivity index (χ2n) is 2.60. The molecule has 0 amide bonds. The van der Waals surface area contributed by atoms with E-state index in [1.54, 1.807) is 7.11 Å². The quantitative estimate of drug-likeness (QED) is 0.534. The molecule has 0 radical (unpaired) electrons. The highest BCUT2D eigenvalue weighted by molar-refractivity contribution is 7.13. The van der Waals surface area contributed by atoms with Crippen LogP contribution in [0.5, 0.6) is 0 Å². The summed E-state index contributed by atoms with van der Waals surface area (Å²) in [7, 11) is 4.49. The van der Waals surface area contributed by atoms with Gasteiger partial charge in [-0.25, -0.2) is 0 Å². The lowest BCUT2D eigenvalue weighted by Gasteiger charge is -2.07. The van der Waals surface area contributed by atoms with Gasteiger partial charge in [0.25, 0.3) is 0 Å². The van der Waals surface area contributed by atoms with E-state index in [1.165, 1.54) is 19.5 Å². The van der Waals surface area contributed by atoms with Gasteiger partial charge in [0.2, 0.25) is 0 Å². The lowest BCUT2D eigenvalue weighted by Crippen LogP contribution is -2.11. The van der Waals surface area contributed by atoms with Crippen LogP contribution in [0.25, 0.3) is 0 Å². The van der Waals surface area contributed by atoms with E-state index in [2.05, 4.69) is 14.1 Å². The minimum Gasteiger partial charge on any atom is -0.384 e. The highest BCUT2D eigenvalue weighted by atomic mass is 31.0. The highest BCUT2D eigenvalue weighted by Gasteiger charge is 2.18. The predicted molar refractivity (Wildman–Crippen MR) is 41.3 cm³/mol. The molecule has 2 unspecified atom stereocenters. The maximum atomic E-state index is 5.04. The van der Waals surface area contributed by atoms with Crippen LogP contribution in [-0.4, -0.2) is 31.5 Å². The fourth-order valence-electron chi connectivity index (χ4n) is 1.23. The van der Waals surface area contributed by atoms with Crippen molar-refractivity contribution in [2.45, 2.75) is 6.42 Å². The highest BCUT2D eigenvalue weighted by Crippen LogP contribution is 2.18. The van der Waals surface area contributed by atoms with Gasteiger partial charge in [0.15, 0.2) is 0 Å². The van der Waals surface area contributed by atoms with Crippen LogP contribution in [0.15, 0.2) is 0 Å². The Morgan fingerprint density at radius 3 is 3.00 bits per heavy atom. The maximum Gasteiger partial charge on any atom is 0.0503 e. The lowest BCUT2D eigenvalue weighted by molar-refractivity contribution is 0.158. The first-order valence-corrected chi connectivity index (χ1v) is 3.83. The van der Waals surface area contributed by atoms with Crippen LogP contribution in [0.1, 0.15) is 6.42 Å². The van der Waals surface area contributed by atoms with Crippen LogP contribution in [0, 0.1) is 5.92 Å². The van der Waals surface area contributed by atoms with E-state index in [4.69, 9.17) is 4.74 Å². The van der Waals surface area contributed by atoms with Crippen molar-refractivity contribution in [3.63, 3.8) is 0 Å². The van der Waals surface area contributed by atoms with Crippen molar-refractivity contribution in [3.8, 4) is 0 Å². The van der Waals surface area contributed by atoms with E-state index in [1.807, 2.05) is 0 Å². The second-order valence-corrected chi connectivity index (χ2v) is 3.34. The van der Waals surface area contributed by atoms with E-state index < -0.39 is 0 Å². The Balaban J connectivity index is 2.14. The van der Waals surface area contributed by atoms with Crippen molar-refractivity contribution in [3.05, 3.63) is 0 Å². The van der Waals surface area contributed by atoms with Crippen molar-refractivity contribution >= 4 is 9.39 Å². The van der Waals surface area contributed by atoms with Crippen molar-refractivity contribution < 1.29 is 4.74 Å². The lowest BCUT2D eigenvalue weighted by atomic mass is 10.1. The fourth-order valence-corrected chi connectivity index (χ4v) is 1.68. The Hall–Kier alpha value is 0.350. The van der Waals surface area contributed by atoms with Gasteiger partial charge < -0.3 is 4.74 Å². The van der Waals surface area contributed by atoms with E-state index in [0.29, 0.717) is 0 Å². The van der Waals surface area contributed by atoms with Crippen LogP contribution in [0.2, 0.25) is 0 Å². The number of hydrogen-bond acceptors (Lipinski definition) is 2. The third-order valence-electron chi connectivity index (χ3n) is 1.72. The molecule has 1 heterocycles. The molecule has 1 aliphatic rings. The third-order valence-corrected chi connectivity index (χ3v) is 2.19. The molecule has 1 aliphatic heterocycles. The summed E-state index contributed by atoms with van der Waals surface area (Å²) < 4.78 is 7.31. The van der Waals surface area contributed by atoms with Crippen LogP contribution < -0.4 is 0 Å². The van der Waals surface area contributed by atoms with Crippen molar-refractivity contribution in [2.75, 3.05) is 26.8 Å². The molecule has 2 nitrogen and oxygen atoms in total. The summed E-state index contributed by atoms with van der Waals surface area (Å²) in [6.45, 7) is 3.31. The molecule has 0 aromatic heterocycles. The molecule has 0 aromatic rings. The summed E-state index contributed by atoms with van der Waals surface area (Å²) in [5.74, 6) is 0.771. The SMILES string of the molecule is COCC1CCN(P)C1. The minimum atomic E-state index is 0.771. The molecule has 0 N–H and O–H groups in total. The maximum absolute atomic E-state index is 5.04. The Labute approximate surface area is 58.8 Å². The zero-order valence-corrected chi connectivity index (χ0v) is 6.99. The van der Waals surface area contributed by atoms with Crippen LogP contribution in [-0.2, 0) is 4.74 Å². The molecule has 0 aliphatic carbocycles. The Morgan fingerprint density at radius 1 is 1.78 bits per heavy atom. The molecule has 0 bridgehead atoms. The molecule has 1 rings (SSSR count). The van der Waals surface area contributed by atoms with Crippen LogP contribution in [0.3, 0.4) is 0 Å². The van der Waals surface area contributed by atoms with Crippen LogP contribution in [0.4, 0.5) is 0 Å². The van der Waals surface area contributed by atoms with Gasteiger partial charge in [0, 0.05) is 20.2 Å². The zero-order chi connectivity index (χ0) is 6.69. The molecule has 54 valence electrons. The Morgan fingerprint density at radius 2 is 2.56 bits per heavy atom. The number of nitrogens with zero attached hydrogens (tertiary/aromatic N) is 1. The normalized spacial score (nSPS) is 29.3. The molecule has 1 saturated heterocycles. The first kappa shape index (κ1) is 7.46. The van der Waals surface area contributed by atoms with Gasteiger partial charge in [-0.05, 0) is 12.3 Å². The van der Waals surface area contributed by atoms with E-state index >= 15 is 0 Å². The standard InChI is InChI=1S/C6H14NOP/c1-8-5-6-2-3-7(9)4-6/h6H,2-5,9H2,1H3. The van der Waals surface area contributed by atoms with E-state index in [9.17, 15) is 0 Å². The monoisotopic (exact) mass is 147 g/mol. The molecule has 0 saturated carbocycles. The van der Waals surface area contributed by atoms with E-state index in [0.717, 1.165) is 12.5 Å². The summed E-state index contributed by atoms with van der Waals surface area (Å²) in [5.41, 5.74) is 0. The van der Waals surface area contributed by atoms with Crippen molar-refractivity contribution in [2.24, 2.45) is 5.92 Å². The van der Waals surface area contributed by atoms with Crippen molar-refractivity contribution in [1.82, 2.24) is 4.67 Å². The molecular formula is C6H14NOP. The minimum absolute atomic E-state index is 0.771.